The minimum Gasteiger partial charge on any atom is -0.349 e. The third kappa shape index (κ3) is 2.02. The van der Waals surface area contributed by atoms with Crippen LogP contribution in [0.5, 0.6) is 0 Å². The van der Waals surface area contributed by atoms with Crippen molar-refractivity contribution >= 4 is 32.3 Å². The molecule has 0 amide bonds. The molecule has 0 fully saturated rings. The zero-order valence-corrected chi connectivity index (χ0v) is 10.9. The summed E-state index contributed by atoms with van der Waals surface area (Å²) in [4.78, 5) is 11.6. The largest absolute Gasteiger partial charge is 0.349 e. The summed E-state index contributed by atoms with van der Waals surface area (Å²) in [7, 11) is -2.28. The van der Waals surface area contributed by atoms with E-state index in [1.165, 1.54) is 23.7 Å². The molecule has 0 saturated carbocycles. The molecule has 0 spiro atoms. The van der Waals surface area contributed by atoms with E-state index in [2.05, 4.69) is 0 Å². The van der Waals surface area contributed by atoms with Gasteiger partial charge in [-0.25, -0.2) is 12.8 Å². The van der Waals surface area contributed by atoms with Crippen molar-refractivity contribution in [2.45, 2.75) is 4.90 Å². The van der Waals surface area contributed by atoms with E-state index in [-0.39, 0.29) is 10.3 Å². The zero-order valence-electron chi connectivity index (χ0n) is 9.35. The Bertz CT molecular complexity index is 783. The second kappa shape index (κ2) is 4.37. The first kappa shape index (κ1) is 13.0. The van der Waals surface area contributed by atoms with Crippen LogP contribution in [0.2, 0.25) is 0 Å². The van der Waals surface area contributed by atoms with Gasteiger partial charge in [0.25, 0.3) is 0 Å². The molecular weight excluding hydrogens is 281 g/mol. The van der Waals surface area contributed by atoms with Crippen molar-refractivity contribution in [3.8, 4) is 0 Å². The fourth-order valence-corrected chi connectivity index (χ4v) is 2.89. The van der Waals surface area contributed by atoms with Crippen LogP contribution in [0.3, 0.4) is 0 Å². The molecule has 96 valence electrons. The zero-order chi connectivity index (χ0) is 13.5. The smallest absolute Gasteiger partial charge is 0.208 e. The molecule has 0 radical (unpaired) electrons. The van der Waals surface area contributed by atoms with E-state index in [0.717, 1.165) is 12.3 Å². The average Bonchev–Trinajstić information content (AvgIpc) is 2.33. The molecule has 0 N–H and O–H groups in total. The lowest BCUT2D eigenvalue weighted by Crippen LogP contribution is -2.18. The van der Waals surface area contributed by atoms with Gasteiger partial charge in [0, 0.05) is 18.6 Å². The Kier molecular flexibility index (Phi) is 3.16. The van der Waals surface area contributed by atoms with E-state index < -0.39 is 26.3 Å². The second-order valence-electron chi connectivity index (χ2n) is 3.82. The first-order valence-electron chi connectivity index (χ1n) is 4.94. The van der Waals surface area contributed by atoms with Crippen LogP contribution < -0.4 is 5.43 Å². The molecule has 7 heteroatoms. The number of benzene rings is 1. The highest BCUT2D eigenvalue weighted by molar-refractivity contribution is 7.92. The maximum atomic E-state index is 13.1. The molecule has 4 nitrogen and oxygen atoms in total. The molecule has 18 heavy (non-hydrogen) atoms. The Labute approximate surface area is 108 Å². The Morgan fingerprint density at radius 3 is 2.67 bits per heavy atom. The number of aryl methyl sites for hydroxylation is 1. The quantitative estimate of drug-likeness (QED) is 0.790. The molecule has 1 aromatic heterocycles. The van der Waals surface area contributed by atoms with E-state index >= 15 is 0 Å². The molecule has 1 aromatic carbocycles. The van der Waals surface area contributed by atoms with E-state index in [9.17, 15) is 17.6 Å². The highest BCUT2D eigenvalue weighted by Gasteiger charge is 2.19. The van der Waals surface area contributed by atoms with Crippen LogP contribution in [-0.4, -0.2) is 18.2 Å². The van der Waals surface area contributed by atoms with Gasteiger partial charge in [0.2, 0.25) is 5.43 Å². The highest BCUT2D eigenvalue weighted by atomic mass is 35.5. The summed E-state index contributed by atoms with van der Waals surface area (Å²) in [5.41, 5.74) is -0.336. The number of aromatic nitrogens is 1. The molecule has 0 atom stereocenters. The molecule has 0 aliphatic heterocycles. The van der Waals surface area contributed by atoms with Gasteiger partial charge in [-0.05, 0) is 18.2 Å². The van der Waals surface area contributed by atoms with Crippen LogP contribution >= 0.6 is 11.6 Å². The van der Waals surface area contributed by atoms with Crippen molar-refractivity contribution in [3.63, 3.8) is 0 Å². The standard InChI is InChI=1S/C11H9ClFNO3S/c1-14-5-10(18(16,17)6-12)11(15)8-3-2-7(13)4-9(8)14/h2-5H,6H2,1H3. The van der Waals surface area contributed by atoms with Crippen LogP contribution in [0.4, 0.5) is 4.39 Å². The molecule has 2 rings (SSSR count). The van der Waals surface area contributed by atoms with Crippen LogP contribution in [0.1, 0.15) is 0 Å². The van der Waals surface area contributed by atoms with Gasteiger partial charge >= 0.3 is 0 Å². The molecule has 0 unspecified atom stereocenters. The van der Waals surface area contributed by atoms with Gasteiger partial charge in [-0.2, -0.15) is 0 Å². The van der Waals surface area contributed by atoms with E-state index in [1.54, 1.807) is 0 Å². The summed E-state index contributed by atoms with van der Waals surface area (Å²) in [5, 5.41) is -0.528. The van der Waals surface area contributed by atoms with Gasteiger partial charge in [0.15, 0.2) is 9.84 Å². The average molecular weight is 290 g/mol. The number of sulfone groups is 1. The molecule has 1 heterocycles. The summed E-state index contributed by atoms with van der Waals surface area (Å²) in [5.74, 6) is -0.495. The van der Waals surface area contributed by atoms with Crippen LogP contribution in [0.25, 0.3) is 10.9 Å². The van der Waals surface area contributed by atoms with Crippen molar-refractivity contribution < 1.29 is 12.8 Å². The van der Waals surface area contributed by atoms with Crippen LogP contribution in [0.15, 0.2) is 34.1 Å². The highest BCUT2D eigenvalue weighted by Crippen LogP contribution is 2.16. The lowest BCUT2D eigenvalue weighted by atomic mass is 10.2. The van der Waals surface area contributed by atoms with Crippen molar-refractivity contribution in [2.24, 2.45) is 7.05 Å². The maximum Gasteiger partial charge on any atom is 0.208 e. The minimum absolute atomic E-state index is 0.144. The first-order chi connectivity index (χ1) is 8.36. The van der Waals surface area contributed by atoms with Gasteiger partial charge in [-0.15, -0.1) is 11.6 Å². The fourth-order valence-electron chi connectivity index (χ4n) is 1.71. The molecule has 2 aromatic rings. The van der Waals surface area contributed by atoms with E-state index in [0.29, 0.717) is 5.52 Å². The normalized spacial score (nSPS) is 11.9. The predicted octanol–water partition coefficient (Wildman–Crippen LogP) is 1.65. The molecule has 0 aliphatic carbocycles. The minimum atomic E-state index is -3.81. The number of rotatable bonds is 2. The number of halogens is 2. The molecule has 0 bridgehead atoms. The van der Waals surface area contributed by atoms with E-state index in [4.69, 9.17) is 11.6 Å². The molecule has 0 saturated heterocycles. The number of hydrogen-bond donors (Lipinski definition) is 0. The summed E-state index contributed by atoms with van der Waals surface area (Å²) < 4.78 is 37.8. The topological polar surface area (TPSA) is 56.1 Å². The Morgan fingerprint density at radius 2 is 2.06 bits per heavy atom. The van der Waals surface area contributed by atoms with Crippen molar-refractivity contribution in [1.29, 1.82) is 0 Å². The lowest BCUT2D eigenvalue weighted by Gasteiger charge is -2.08. The summed E-state index contributed by atoms with van der Waals surface area (Å²) in [6.07, 6.45) is 1.15. The second-order valence-corrected chi connectivity index (χ2v) is 6.36. The fraction of sp³-hybridized carbons (Fsp3) is 0.182. The van der Waals surface area contributed by atoms with Crippen molar-refractivity contribution in [2.75, 3.05) is 5.21 Å². The van der Waals surface area contributed by atoms with Gasteiger partial charge in [-0.3, -0.25) is 4.79 Å². The van der Waals surface area contributed by atoms with Crippen LogP contribution in [-0.2, 0) is 16.9 Å². The lowest BCUT2D eigenvalue weighted by molar-refractivity contribution is 0.599. The first-order valence-corrected chi connectivity index (χ1v) is 7.13. The summed E-state index contributed by atoms with van der Waals surface area (Å²) in [6.45, 7) is 0. The van der Waals surface area contributed by atoms with Gasteiger partial charge in [0.1, 0.15) is 15.9 Å². The Balaban J connectivity index is 2.95. The number of alkyl halides is 1. The van der Waals surface area contributed by atoms with Crippen molar-refractivity contribution in [1.82, 2.24) is 4.57 Å². The third-order valence-corrected chi connectivity index (χ3v) is 4.71. The Morgan fingerprint density at radius 1 is 1.39 bits per heavy atom. The molecular formula is C11H9ClFNO3S. The number of pyridine rings is 1. The summed E-state index contributed by atoms with van der Waals surface area (Å²) in [6, 6.07) is 3.55. The van der Waals surface area contributed by atoms with Gasteiger partial charge < -0.3 is 4.57 Å². The predicted molar refractivity (Wildman–Crippen MR) is 67.1 cm³/mol. The van der Waals surface area contributed by atoms with E-state index in [1.807, 2.05) is 0 Å². The van der Waals surface area contributed by atoms with Gasteiger partial charge in [0.05, 0.1) is 5.52 Å². The molecule has 0 aliphatic rings. The maximum absolute atomic E-state index is 13.1. The Hall–Kier alpha value is -1.40. The monoisotopic (exact) mass is 289 g/mol. The SMILES string of the molecule is Cn1cc(S(=O)(=O)CCl)c(=O)c2ccc(F)cc21. The summed E-state index contributed by atoms with van der Waals surface area (Å²) >= 11 is 5.33. The number of hydrogen-bond acceptors (Lipinski definition) is 3. The number of nitrogens with zero attached hydrogens (tertiary/aromatic N) is 1. The van der Waals surface area contributed by atoms with Gasteiger partial charge in [-0.1, -0.05) is 0 Å². The number of fused-ring (bicyclic) bond motifs is 1. The van der Waals surface area contributed by atoms with Crippen LogP contribution in [0, 0.1) is 5.82 Å². The third-order valence-electron chi connectivity index (χ3n) is 2.60. The van der Waals surface area contributed by atoms with Crippen molar-refractivity contribution in [3.05, 3.63) is 40.4 Å².